The topological polar surface area (TPSA) is 81.4 Å². The van der Waals surface area contributed by atoms with Crippen molar-refractivity contribution in [1.29, 1.82) is 0 Å². The van der Waals surface area contributed by atoms with E-state index in [4.69, 9.17) is 9.47 Å². The summed E-state index contributed by atoms with van der Waals surface area (Å²) < 4.78 is 12.9. The number of nitrogens with one attached hydrogen (secondary N) is 1. The number of fused-ring (bicyclic) bond motifs is 1. The first-order chi connectivity index (χ1) is 10.3. The van der Waals surface area contributed by atoms with E-state index in [2.05, 4.69) is 15.4 Å². The molecule has 0 unspecified atom stereocenters. The first-order valence-corrected chi connectivity index (χ1v) is 7.79. The summed E-state index contributed by atoms with van der Waals surface area (Å²) >= 11 is 0. The van der Waals surface area contributed by atoms with Gasteiger partial charge in [0, 0.05) is 25.6 Å². The Bertz CT molecular complexity index is 434. The number of aliphatic hydroxyl groups excluding tert-OH is 1. The van der Waals surface area contributed by atoms with E-state index in [-0.39, 0.29) is 6.10 Å². The lowest BCUT2D eigenvalue weighted by molar-refractivity contribution is -0.0171. The van der Waals surface area contributed by atoms with Gasteiger partial charge < -0.3 is 19.9 Å². The maximum Gasteiger partial charge on any atom is 0.138 e. The highest BCUT2D eigenvalue weighted by Crippen LogP contribution is 2.12. The molecular weight excluding hydrogens is 272 g/mol. The van der Waals surface area contributed by atoms with Crippen LogP contribution in [0.4, 0.5) is 0 Å². The summed E-state index contributed by atoms with van der Waals surface area (Å²) in [5.41, 5.74) is 0. The molecule has 1 saturated heterocycles. The van der Waals surface area contributed by atoms with Crippen LogP contribution in [0.15, 0.2) is 6.33 Å². The largest absolute Gasteiger partial charge is 0.389 e. The van der Waals surface area contributed by atoms with Gasteiger partial charge in [-0.1, -0.05) is 0 Å². The summed E-state index contributed by atoms with van der Waals surface area (Å²) in [5, 5.41) is 17.5. The quantitative estimate of drug-likeness (QED) is 0.721. The van der Waals surface area contributed by atoms with Crippen molar-refractivity contribution in [3.8, 4) is 0 Å². The van der Waals surface area contributed by atoms with Crippen LogP contribution in [0, 0.1) is 0 Å². The van der Waals surface area contributed by atoms with E-state index in [1.54, 1.807) is 6.33 Å². The van der Waals surface area contributed by atoms with E-state index in [1.807, 2.05) is 4.68 Å². The maximum atomic E-state index is 9.95. The number of aromatic nitrogens is 3. The van der Waals surface area contributed by atoms with Gasteiger partial charge >= 0.3 is 0 Å². The number of hydrogen-bond acceptors (Lipinski definition) is 6. The Kier molecular flexibility index (Phi) is 5.18. The average molecular weight is 296 g/mol. The van der Waals surface area contributed by atoms with Gasteiger partial charge in [0.15, 0.2) is 0 Å². The van der Waals surface area contributed by atoms with Crippen LogP contribution in [0.3, 0.4) is 0 Å². The van der Waals surface area contributed by atoms with Crippen LogP contribution in [0.2, 0.25) is 0 Å². The molecule has 118 valence electrons. The number of aliphatic hydroxyl groups is 1. The molecule has 3 atom stereocenters. The molecule has 2 aliphatic heterocycles. The standard InChI is InChI=1S/C14H24N4O3/c19-12(8-20-9-13-2-1-5-21-13)6-15-11-3-4-14-16-10-17-18(14)7-11/h10-13,15,19H,1-9H2/t11-,12-,13+/m1/s1. The number of nitrogens with zero attached hydrogens (tertiary/aromatic N) is 3. The predicted octanol–water partition coefficient (Wildman–Crippen LogP) is -0.261. The van der Waals surface area contributed by atoms with Gasteiger partial charge in [0.25, 0.3) is 0 Å². The van der Waals surface area contributed by atoms with Gasteiger partial charge in [-0.2, -0.15) is 5.10 Å². The summed E-state index contributed by atoms with van der Waals surface area (Å²) in [4.78, 5) is 4.21. The minimum absolute atomic E-state index is 0.217. The molecule has 7 heteroatoms. The molecule has 0 aromatic carbocycles. The van der Waals surface area contributed by atoms with Gasteiger partial charge in [-0.05, 0) is 19.3 Å². The van der Waals surface area contributed by atoms with Crippen LogP contribution >= 0.6 is 0 Å². The monoisotopic (exact) mass is 296 g/mol. The van der Waals surface area contributed by atoms with Crippen molar-refractivity contribution >= 4 is 0 Å². The Labute approximate surface area is 124 Å². The minimum atomic E-state index is -0.483. The highest BCUT2D eigenvalue weighted by atomic mass is 16.5. The molecule has 0 saturated carbocycles. The van der Waals surface area contributed by atoms with Crippen molar-refractivity contribution in [2.75, 3.05) is 26.4 Å². The fourth-order valence-corrected chi connectivity index (χ4v) is 2.88. The number of rotatable bonds is 7. The fourth-order valence-electron chi connectivity index (χ4n) is 2.88. The third-order valence-corrected chi connectivity index (χ3v) is 4.09. The molecule has 2 N–H and O–H groups in total. The summed E-state index contributed by atoms with van der Waals surface area (Å²) in [6, 6.07) is 0.340. The molecule has 3 heterocycles. The summed E-state index contributed by atoms with van der Waals surface area (Å²) in [6.45, 7) is 3.14. The zero-order valence-electron chi connectivity index (χ0n) is 12.3. The Morgan fingerprint density at radius 2 is 2.48 bits per heavy atom. The highest BCUT2D eigenvalue weighted by Gasteiger charge is 2.20. The lowest BCUT2D eigenvalue weighted by atomic mass is 10.1. The lowest BCUT2D eigenvalue weighted by Crippen LogP contribution is -2.42. The van der Waals surface area contributed by atoms with Crippen LogP contribution in [-0.4, -0.2) is 64.5 Å². The van der Waals surface area contributed by atoms with Crippen molar-refractivity contribution < 1.29 is 14.6 Å². The second-order valence-electron chi connectivity index (χ2n) is 5.83. The molecule has 1 aromatic heterocycles. The highest BCUT2D eigenvalue weighted by molar-refractivity contribution is 4.92. The molecule has 0 spiro atoms. The van der Waals surface area contributed by atoms with Gasteiger partial charge in [-0.25, -0.2) is 9.67 Å². The number of hydrogen-bond donors (Lipinski definition) is 2. The van der Waals surface area contributed by atoms with Gasteiger partial charge in [-0.3, -0.25) is 0 Å². The first-order valence-electron chi connectivity index (χ1n) is 7.79. The second kappa shape index (κ2) is 7.31. The summed E-state index contributed by atoms with van der Waals surface area (Å²) in [6.07, 6.45) is 5.48. The molecule has 1 fully saturated rings. The van der Waals surface area contributed by atoms with Crippen LogP contribution in [0.5, 0.6) is 0 Å². The van der Waals surface area contributed by atoms with E-state index < -0.39 is 6.10 Å². The molecular formula is C14H24N4O3. The van der Waals surface area contributed by atoms with Crippen molar-refractivity contribution in [1.82, 2.24) is 20.1 Å². The summed E-state index contributed by atoms with van der Waals surface area (Å²) in [5.74, 6) is 1.05. The Morgan fingerprint density at radius 3 is 3.33 bits per heavy atom. The van der Waals surface area contributed by atoms with Crippen LogP contribution in [-0.2, 0) is 22.4 Å². The molecule has 21 heavy (non-hydrogen) atoms. The molecule has 1 aromatic rings. The third kappa shape index (κ3) is 4.23. The smallest absolute Gasteiger partial charge is 0.138 e. The Hall–Kier alpha value is -1.02. The van der Waals surface area contributed by atoms with Crippen LogP contribution in [0.25, 0.3) is 0 Å². The van der Waals surface area contributed by atoms with E-state index in [1.165, 1.54) is 0 Å². The van der Waals surface area contributed by atoms with Crippen molar-refractivity contribution in [3.05, 3.63) is 12.2 Å². The Balaban J connectivity index is 1.30. The summed E-state index contributed by atoms with van der Waals surface area (Å²) in [7, 11) is 0. The molecule has 0 amide bonds. The molecule has 0 radical (unpaired) electrons. The minimum Gasteiger partial charge on any atom is -0.389 e. The van der Waals surface area contributed by atoms with Crippen molar-refractivity contribution in [3.63, 3.8) is 0 Å². The lowest BCUT2D eigenvalue weighted by Gasteiger charge is -2.25. The van der Waals surface area contributed by atoms with Crippen molar-refractivity contribution in [2.24, 2.45) is 0 Å². The zero-order chi connectivity index (χ0) is 14.5. The predicted molar refractivity (Wildman–Crippen MR) is 75.9 cm³/mol. The molecule has 0 aliphatic carbocycles. The SMILES string of the molecule is O[C@H](CN[C@@H]1CCc2ncnn2C1)COC[C@@H]1CCCO1. The van der Waals surface area contributed by atoms with E-state index in [0.29, 0.717) is 25.8 Å². The van der Waals surface area contributed by atoms with Gasteiger partial charge in [0.05, 0.1) is 32.0 Å². The van der Waals surface area contributed by atoms with Crippen LogP contribution < -0.4 is 5.32 Å². The first kappa shape index (κ1) is 14.9. The van der Waals surface area contributed by atoms with Gasteiger partial charge in [0.2, 0.25) is 0 Å². The third-order valence-electron chi connectivity index (χ3n) is 4.09. The number of aryl methyl sites for hydroxylation is 1. The van der Waals surface area contributed by atoms with Crippen LogP contribution in [0.1, 0.15) is 25.1 Å². The fraction of sp³-hybridized carbons (Fsp3) is 0.857. The normalized spacial score (nSPS) is 26.7. The van der Waals surface area contributed by atoms with E-state index in [9.17, 15) is 5.11 Å². The average Bonchev–Trinajstić information content (AvgIpc) is 3.15. The molecule has 2 aliphatic rings. The van der Waals surface area contributed by atoms with Crippen molar-refractivity contribution in [2.45, 2.75) is 50.5 Å². The van der Waals surface area contributed by atoms with Gasteiger partial charge in [0.1, 0.15) is 12.2 Å². The zero-order valence-corrected chi connectivity index (χ0v) is 12.3. The maximum absolute atomic E-state index is 9.95. The number of ether oxygens (including phenoxy) is 2. The van der Waals surface area contributed by atoms with E-state index >= 15 is 0 Å². The van der Waals surface area contributed by atoms with Gasteiger partial charge in [-0.15, -0.1) is 0 Å². The molecule has 0 bridgehead atoms. The molecule has 7 nitrogen and oxygen atoms in total. The van der Waals surface area contributed by atoms with E-state index in [0.717, 1.165) is 44.7 Å². The second-order valence-corrected chi connectivity index (χ2v) is 5.83. The Morgan fingerprint density at radius 1 is 1.52 bits per heavy atom. The molecule has 3 rings (SSSR count).